The molecule has 2 aliphatic rings. The van der Waals surface area contributed by atoms with Crippen molar-refractivity contribution in [2.75, 3.05) is 39.4 Å². The van der Waals surface area contributed by atoms with Gasteiger partial charge < -0.3 is 14.5 Å². The molecule has 126 valence electrons. The largest absolute Gasteiger partial charge is 0.381 e. The molecule has 1 atom stereocenters. The Labute approximate surface area is 141 Å². The number of hydrogen-bond acceptors (Lipinski definition) is 4. The number of nitrogens with zero attached hydrogens (tertiary/aromatic N) is 3. The van der Waals surface area contributed by atoms with Gasteiger partial charge in [0.1, 0.15) is 0 Å². The quantitative estimate of drug-likeness (QED) is 0.820. The van der Waals surface area contributed by atoms with Crippen LogP contribution in [0.5, 0.6) is 0 Å². The lowest BCUT2D eigenvalue weighted by molar-refractivity contribution is -0.135. The number of benzene rings is 1. The van der Waals surface area contributed by atoms with E-state index in [1.54, 1.807) is 29.2 Å². The molecule has 0 aliphatic carbocycles. The predicted octanol–water partition coefficient (Wildman–Crippen LogP) is 1.27. The number of nitriles is 1. The molecule has 0 aromatic heterocycles. The van der Waals surface area contributed by atoms with Crippen LogP contribution in [-0.4, -0.2) is 61.0 Å². The van der Waals surface area contributed by atoms with E-state index >= 15 is 0 Å². The van der Waals surface area contributed by atoms with E-state index in [0.717, 1.165) is 12.8 Å². The second-order valence-electron chi connectivity index (χ2n) is 6.22. The molecular formula is C18H21N3O3. The Bertz CT molecular complexity index is 662. The maximum atomic E-state index is 12.6. The molecule has 0 spiro atoms. The van der Waals surface area contributed by atoms with Gasteiger partial charge in [0.15, 0.2) is 0 Å². The van der Waals surface area contributed by atoms with E-state index in [1.165, 1.54) is 0 Å². The van der Waals surface area contributed by atoms with Crippen molar-refractivity contribution in [2.24, 2.45) is 5.92 Å². The number of carbonyl (C=O) groups is 2. The van der Waals surface area contributed by atoms with Gasteiger partial charge in [-0.2, -0.15) is 5.26 Å². The number of carbonyl (C=O) groups excluding carboxylic acids is 2. The lowest BCUT2D eigenvalue weighted by Crippen LogP contribution is -2.40. The van der Waals surface area contributed by atoms with Gasteiger partial charge in [-0.05, 0) is 31.0 Å². The molecule has 1 unspecified atom stereocenters. The van der Waals surface area contributed by atoms with Crippen molar-refractivity contribution < 1.29 is 14.3 Å². The third-order valence-corrected chi connectivity index (χ3v) is 4.61. The third kappa shape index (κ3) is 3.57. The van der Waals surface area contributed by atoms with Gasteiger partial charge in [-0.1, -0.05) is 6.07 Å². The molecular weight excluding hydrogens is 306 g/mol. The summed E-state index contributed by atoms with van der Waals surface area (Å²) in [5, 5.41) is 8.97. The van der Waals surface area contributed by atoms with E-state index in [9.17, 15) is 9.59 Å². The molecule has 1 aromatic rings. The van der Waals surface area contributed by atoms with Gasteiger partial charge in [0, 0.05) is 38.3 Å². The van der Waals surface area contributed by atoms with Gasteiger partial charge in [0.05, 0.1) is 24.2 Å². The zero-order valence-corrected chi connectivity index (χ0v) is 13.6. The molecule has 0 N–H and O–H groups in total. The summed E-state index contributed by atoms with van der Waals surface area (Å²) in [6.45, 7) is 3.55. The van der Waals surface area contributed by atoms with Gasteiger partial charge in [0.25, 0.3) is 5.91 Å². The predicted molar refractivity (Wildman–Crippen MR) is 87.2 cm³/mol. The summed E-state index contributed by atoms with van der Waals surface area (Å²) in [6.07, 6.45) is 1.56. The molecule has 0 bridgehead atoms. The molecule has 1 aromatic carbocycles. The summed E-state index contributed by atoms with van der Waals surface area (Å²) in [7, 11) is 0. The summed E-state index contributed by atoms with van der Waals surface area (Å²) >= 11 is 0. The second-order valence-corrected chi connectivity index (χ2v) is 6.22. The van der Waals surface area contributed by atoms with Crippen molar-refractivity contribution in [1.29, 1.82) is 5.26 Å². The van der Waals surface area contributed by atoms with E-state index in [1.807, 2.05) is 4.90 Å². The van der Waals surface area contributed by atoms with Crippen molar-refractivity contribution >= 4 is 11.8 Å². The Morgan fingerprint density at radius 3 is 2.71 bits per heavy atom. The first-order chi connectivity index (χ1) is 11.7. The zero-order chi connectivity index (χ0) is 16.9. The number of amides is 2. The number of ether oxygens (including phenoxy) is 1. The van der Waals surface area contributed by atoms with E-state index in [0.29, 0.717) is 50.5 Å². The normalized spacial score (nSPS) is 21.2. The molecule has 2 aliphatic heterocycles. The summed E-state index contributed by atoms with van der Waals surface area (Å²) in [6, 6.07) is 8.81. The fourth-order valence-electron chi connectivity index (χ4n) is 3.23. The second kappa shape index (κ2) is 7.45. The lowest BCUT2D eigenvalue weighted by Gasteiger charge is -2.24. The van der Waals surface area contributed by atoms with Crippen LogP contribution in [0, 0.1) is 17.2 Å². The SMILES string of the molecule is N#Cc1cccc(C(=O)N2CCCN(C(=O)C3CCOC3)CC2)c1. The molecule has 6 nitrogen and oxygen atoms in total. The van der Waals surface area contributed by atoms with Crippen molar-refractivity contribution in [1.82, 2.24) is 9.80 Å². The highest BCUT2D eigenvalue weighted by Crippen LogP contribution is 2.17. The Morgan fingerprint density at radius 1 is 1.17 bits per heavy atom. The van der Waals surface area contributed by atoms with Gasteiger partial charge in [-0.25, -0.2) is 0 Å². The highest BCUT2D eigenvalue weighted by molar-refractivity contribution is 5.94. The smallest absolute Gasteiger partial charge is 0.253 e. The van der Waals surface area contributed by atoms with E-state index in [2.05, 4.69) is 6.07 Å². The van der Waals surface area contributed by atoms with Crippen LogP contribution in [0.25, 0.3) is 0 Å². The van der Waals surface area contributed by atoms with Crippen LogP contribution in [-0.2, 0) is 9.53 Å². The maximum absolute atomic E-state index is 12.6. The van der Waals surface area contributed by atoms with Crippen LogP contribution < -0.4 is 0 Å². The summed E-state index contributed by atoms with van der Waals surface area (Å²) in [5.41, 5.74) is 1.01. The fourth-order valence-corrected chi connectivity index (χ4v) is 3.23. The first-order valence-electron chi connectivity index (χ1n) is 8.35. The van der Waals surface area contributed by atoms with Crippen LogP contribution in [0.2, 0.25) is 0 Å². The van der Waals surface area contributed by atoms with Crippen molar-refractivity contribution in [3.05, 3.63) is 35.4 Å². The average Bonchev–Trinajstić information content (AvgIpc) is 3.05. The van der Waals surface area contributed by atoms with Crippen LogP contribution in [0.1, 0.15) is 28.8 Å². The molecule has 0 radical (unpaired) electrons. The summed E-state index contributed by atoms with van der Waals surface area (Å²) in [5.74, 6) is 0.0402. The Balaban J connectivity index is 1.63. The maximum Gasteiger partial charge on any atom is 0.253 e. The molecule has 24 heavy (non-hydrogen) atoms. The van der Waals surface area contributed by atoms with E-state index < -0.39 is 0 Å². The highest BCUT2D eigenvalue weighted by atomic mass is 16.5. The lowest BCUT2D eigenvalue weighted by atomic mass is 10.1. The molecule has 2 heterocycles. The van der Waals surface area contributed by atoms with Crippen LogP contribution >= 0.6 is 0 Å². The number of hydrogen-bond donors (Lipinski definition) is 0. The minimum absolute atomic E-state index is 0.0282. The number of rotatable bonds is 2. The first-order valence-corrected chi connectivity index (χ1v) is 8.35. The minimum Gasteiger partial charge on any atom is -0.381 e. The highest BCUT2D eigenvalue weighted by Gasteiger charge is 2.30. The van der Waals surface area contributed by atoms with Crippen LogP contribution in [0.15, 0.2) is 24.3 Å². The topological polar surface area (TPSA) is 73.6 Å². The zero-order valence-electron chi connectivity index (χ0n) is 13.6. The van der Waals surface area contributed by atoms with Crippen molar-refractivity contribution in [3.63, 3.8) is 0 Å². The van der Waals surface area contributed by atoms with Crippen LogP contribution in [0.4, 0.5) is 0 Å². The molecule has 2 amide bonds. The van der Waals surface area contributed by atoms with Gasteiger partial charge >= 0.3 is 0 Å². The Morgan fingerprint density at radius 2 is 1.96 bits per heavy atom. The molecule has 3 rings (SSSR count). The standard InChI is InChI=1S/C18H21N3O3/c19-12-14-3-1-4-15(11-14)17(22)20-6-2-7-21(9-8-20)18(23)16-5-10-24-13-16/h1,3-4,11,16H,2,5-10,13H2. The van der Waals surface area contributed by atoms with E-state index in [-0.39, 0.29) is 17.7 Å². The van der Waals surface area contributed by atoms with Crippen molar-refractivity contribution in [2.45, 2.75) is 12.8 Å². The third-order valence-electron chi connectivity index (χ3n) is 4.61. The summed E-state index contributed by atoms with van der Waals surface area (Å²) in [4.78, 5) is 28.8. The molecule has 6 heteroatoms. The van der Waals surface area contributed by atoms with Crippen molar-refractivity contribution in [3.8, 4) is 6.07 Å². The fraction of sp³-hybridized carbons (Fsp3) is 0.500. The first kappa shape index (κ1) is 16.5. The van der Waals surface area contributed by atoms with Gasteiger partial charge in [-0.3, -0.25) is 9.59 Å². The Hall–Kier alpha value is -2.39. The van der Waals surface area contributed by atoms with Crippen LogP contribution in [0.3, 0.4) is 0 Å². The van der Waals surface area contributed by atoms with E-state index in [4.69, 9.17) is 10.00 Å². The molecule has 0 saturated carbocycles. The van der Waals surface area contributed by atoms with Gasteiger partial charge in [-0.15, -0.1) is 0 Å². The Kier molecular flexibility index (Phi) is 5.11. The monoisotopic (exact) mass is 327 g/mol. The van der Waals surface area contributed by atoms with Gasteiger partial charge in [0.2, 0.25) is 5.91 Å². The minimum atomic E-state index is -0.0781. The average molecular weight is 327 g/mol. The summed E-state index contributed by atoms with van der Waals surface area (Å²) < 4.78 is 5.30. The molecule has 2 saturated heterocycles. The molecule has 2 fully saturated rings.